The van der Waals surface area contributed by atoms with Crippen molar-refractivity contribution in [2.24, 2.45) is 5.41 Å². The molecule has 0 heterocycles. The van der Waals surface area contributed by atoms with Crippen molar-refractivity contribution in [1.29, 1.82) is 0 Å². The number of amides is 1. The van der Waals surface area contributed by atoms with Crippen molar-refractivity contribution in [3.8, 4) is 0 Å². The molecule has 0 aromatic heterocycles. The van der Waals surface area contributed by atoms with Gasteiger partial charge in [0.2, 0.25) is 0 Å². The Morgan fingerprint density at radius 1 is 1.36 bits per heavy atom. The molecule has 2 atom stereocenters. The van der Waals surface area contributed by atoms with Gasteiger partial charge in [-0.1, -0.05) is 0 Å². The largest absolute Gasteiger partial charge is 0.444 e. The van der Waals surface area contributed by atoms with Crippen LogP contribution in [0.4, 0.5) is 4.79 Å². The Morgan fingerprint density at radius 3 is 2.55 bits per heavy atom. The summed E-state index contributed by atoms with van der Waals surface area (Å²) in [7, 11) is 0. The Bertz CT molecular complexity index is 384. The average molecular weight is 312 g/mol. The van der Waals surface area contributed by atoms with Crippen LogP contribution in [0.25, 0.3) is 0 Å². The zero-order valence-corrected chi connectivity index (χ0v) is 14.4. The Hall–Kier alpha value is -0.810. The van der Waals surface area contributed by atoms with Gasteiger partial charge in [0, 0.05) is 24.7 Å². The molecule has 2 rings (SSSR count). The lowest BCUT2D eigenvalue weighted by atomic mass is 9.82. The highest BCUT2D eigenvalue weighted by molar-refractivity contribution is 5.68. The number of alkyl carbamates (subject to hydrolysis) is 1. The lowest BCUT2D eigenvalue weighted by Gasteiger charge is -2.32. The van der Waals surface area contributed by atoms with E-state index in [9.17, 15) is 4.79 Å². The third kappa shape index (κ3) is 4.85. The Kier molecular flexibility index (Phi) is 5.38. The topological polar surface area (TPSA) is 70.6 Å². The number of carbonyl (C=O) groups is 1. The fraction of sp³-hybridized carbons (Fsp3) is 0.941. The molecule has 0 aliphatic heterocycles. The average Bonchev–Trinajstić information content (AvgIpc) is 3.02. The van der Waals surface area contributed by atoms with Crippen LogP contribution in [0.3, 0.4) is 0 Å². The van der Waals surface area contributed by atoms with E-state index in [-0.39, 0.29) is 18.7 Å². The van der Waals surface area contributed by atoms with Crippen LogP contribution in [0.1, 0.15) is 66.2 Å². The molecule has 2 saturated carbocycles. The SMILES string of the molecule is CC(CCO)NC1CCC2(CC1)CC2NC(=O)OC(C)(C)C. The summed E-state index contributed by atoms with van der Waals surface area (Å²) in [5, 5.41) is 15.6. The standard InChI is InChI=1S/C17H32N2O3/c1-12(7-10-20)18-13-5-8-17(9-6-13)11-14(17)19-15(21)22-16(2,3)4/h12-14,18,20H,5-11H2,1-4H3,(H,19,21). The Morgan fingerprint density at radius 2 is 2.00 bits per heavy atom. The smallest absolute Gasteiger partial charge is 0.407 e. The first-order chi connectivity index (χ1) is 10.2. The van der Waals surface area contributed by atoms with E-state index in [1.54, 1.807) is 0 Å². The number of hydrogen-bond donors (Lipinski definition) is 3. The van der Waals surface area contributed by atoms with Gasteiger partial charge in [0.25, 0.3) is 0 Å². The molecule has 2 aliphatic carbocycles. The van der Waals surface area contributed by atoms with Gasteiger partial charge in [-0.05, 0) is 71.6 Å². The number of ether oxygens (including phenoxy) is 1. The first kappa shape index (κ1) is 17.5. The van der Waals surface area contributed by atoms with Crippen LogP contribution >= 0.6 is 0 Å². The molecule has 0 bridgehead atoms. The van der Waals surface area contributed by atoms with Crippen molar-refractivity contribution in [1.82, 2.24) is 10.6 Å². The zero-order valence-electron chi connectivity index (χ0n) is 14.4. The molecule has 0 radical (unpaired) electrons. The molecule has 1 amide bonds. The van der Waals surface area contributed by atoms with Crippen LogP contribution in [0, 0.1) is 5.41 Å². The number of nitrogens with one attached hydrogen (secondary N) is 2. The minimum Gasteiger partial charge on any atom is -0.444 e. The number of aliphatic hydroxyl groups is 1. The van der Waals surface area contributed by atoms with Gasteiger partial charge in [-0.2, -0.15) is 0 Å². The van der Waals surface area contributed by atoms with E-state index in [2.05, 4.69) is 17.6 Å². The van der Waals surface area contributed by atoms with Gasteiger partial charge in [0.05, 0.1) is 0 Å². The van der Waals surface area contributed by atoms with Crippen LogP contribution in [-0.2, 0) is 4.74 Å². The molecular formula is C17H32N2O3. The van der Waals surface area contributed by atoms with Crippen molar-refractivity contribution < 1.29 is 14.6 Å². The number of aliphatic hydroxyl groups excluding tert-OH is 1. The van der Waals surface area contributed by atoms with Gasteiger partial charge in [-0.25, -0.2) is 4.79 Å². The second-order valence-electron chi connectivity index (χ2n) is 8.12. The summed E-state index contributed by atoms with van der Waals surface area (Å²) in [5.74, 6) is 0. The molecule has 128 valence electrons. The third-order valence-corrected chi connectivity index (χ3v) is 4.94. The summed E-state index contributed by atoms with van der Waals surface area (Å²) in [5.41, 5.74) is -0.119. The summed E-state index contributed by atoms with van der Waals surface area (Å²) in [6, 6.07) is 1.21. The van der Waals surface area contributed by atoms with Crippen LogP contribution in [0.2, 0.25) is 0 Å². The molecular weight excluding hydrogens is 280 g/mol. The molecule has 3 N–H and O–H groups in total. The lowest BCUT2D eigenvalue weighted by Crippen LogP contribution is -2.41. The van der Waals surface area contributed by atoms with Crippen LogP contribution < -0.4 is 10.6 Å². The van der Waals surface area contributed by atoms with Gasteiger partial charge in [0.1, 0.15) is 5.60 Å². The molecule has 22 heavy (non-hydrogen) atoms. The van der Waals surface area contributed by atoms with E-state index < -0.39 is 5.60 Å². The highest BCUT2D eigenvalue weighted by Crippen LogP contribution is 2.56. The Labute approximate surface area is 134 Å². The molecule has 5 nitrogen and oxygen atoms in total. The van der Waals surface area contributed by atoms with Crippen molar-refractivity contribution in [3.63, 3.8) is 0 Å². The minimum absolute atomic E-state index is 0.243. The molecule has 1 spiro atoms. The van der Waals surface area contributed by atoms with Crippen molar-refractivity contribution in [2.45, 2.75) is 89.9 Å². The highest BCUT2D eigenvalue weighted by Gasteiger charge is 2.56. The second kappa shape index (κ2) is 6.75. The van der Waals surface area contributed by atoms with Gasteiger partial charge in [-0.3, -0.25) is 0 Å². The van der Waals surface area contributed by atoms with Crippen LogP contribution in [0.5, 0.6) is 0 Å². The fourth-order valence-corrected chi connectivity index (χ4v) is 3.59. The molecule has 0 aromatic rings. The predicted molar refractivity (Wildman–Crippen MR) is 86.8 cm³/mol. The first-order valence-electron chi connectivity index (χ1n) is 8.60. The fourth-order valence-electron chi connectivity index (χ4n) is 3.59. The van der Waals surface area contributed by atoms with Gasteiger partial charge >= 0.3 is 6.09 Å². The monoisotopic (exact) mass is 312 g/mol. The number of hydrogen-bond acceptors (Lipinski definition) is 4. The van der Waals surface area contributed by atoms with Crippen molar-refractivity contribution in [3.05, 3.63) is 0 Å². The maximum absolute atomic E-state index is 11.8. The number of rotatable bonds is 5. The van der Waals surface area contributed by atoms with Crippen LogP contribution in [-0.4, -0.2) is 41.5 Å². The maximum Gasteiger partial charge on any atom is 0.407 e. The summed E-state index contributed by atoms with van der Waals surface area (Å²) in [4.78, 5) is 11.8. The van der Waals surface area contributed by atoms with E-state index in [4.69, 9.17) is 9.84 Å². The summed E-state index contributed by atoms with van der Waals surface area (Å²) < 4.78 is 5.34. The zero-order chi connectivity index (χ0) is 16.4. The number of carbonyl (C=O) groups excluding carboxylic acids is 1. The van der Waals surface area contributed by atoms with Gasteiger partial charge in [-0.15, -0.1) is 0 Å². The lowest BCUT2D eigenvalue weighted by molar-refractivity contribution is 0.0511. The summed E-state index contributed by atoms with van der Waals surface area (Å²) >= 11 is 0. The third-order valence-electron chi connectivity index (χ3n) is 4.94. The first-order valence-corrected chi connectivity index (χ1v) is 8.60. The quantitative estimate of drug-likeness (QED) is 0.730. The molecule has 0 aromatic carbocycles. The maximum atomic E-state index is 11.8. The van der Waals surface area contributed by atoms with Crippen molar-refractivity contribution >= 4 is 6.09 Å². The van der Waals surface area contributed by atoms with Gasteiger partial charge in [0.15, 0.2) is 0 Å². The summed E-state index contributed by atoms with van der Waals surface area (Å²) in [6.45, 7) is 8.04. The summed E-state index contributed by atoms with van der Waals surface area (Å²) in [6.07, 6.45) is 6.25. The van der Waals surface area contributed by atoms with E-state index in [1.165, 1.54) is 0 Å². The molecule has 2 aliphatic rings. The normalized spacial score (nSPS) is 32.6. The molecule has 5 heteroatoms. The Balaban J connectivity index is 1.70. The van der Waals surface area contributed by atoms with E-state index >= 15 is 0 Å². The van der Waals surface area contributed by atoms with Gasteiger partial charge < -0.3 is 20.5 Å². The van der Waals surface area contributed by atoms with E-state index in [1.807, 2.05) is 20.8 Å². The van der Waals surface area contributed by atoms with Crippen molar-refractivity contribution in [2.75, 3.05) is 6.61 Å². The molecule has 0 saturated heterocycles. The highest BCUT2D eigenvalue weighted by atomic mass is 16.6. The van der Waals surface area contributed by atoms with E-state index in [0.717, 1.165) is 38.5 Å². The molecule has 2 unspecified atom stereocenters. The second-order valence-corrected chi connectivity index (χ2v) is 8.12. The van der Waals surface area contributed by atoms with E-state index in [0.29, 0.717) is 17.5 Å². The minimum atomic E-state index is -0.434. The predicted octanol–water partition coefficient (Wildman–Crippen LogP) is 2.57. The molecule has 2 fully saturated rings. The van der Waals surface area contributed by atoms with Crippen LogP contribution in [0.15, 0.2) is 0 Å².